The molecule has 30 heavy (non-hydrogen) atoms. The number of nitrogens with two attached hydrogens (primary N) is 1. The van der Waals surface area contributed by atoms with E-state index in [-0.39, 0.29) is 12.5 Å². The second-order valence-electron chi connectivity index (χ2n) is 5.90. The van der Waals surface area contributed by atoms with Gasteiger partial charge in [-0.1, -0.05) is 23.7 Å². The van der Waals surface area contributed by atoms with E-state index in [1.807, 2.05) is 6.92 Å². The number of hydrogen-bond acceptors (Lipinski definition) is 8. The average Bonchev–Trinajstić information content (AvgIpc) is 3.14. The normalized spacial score (nSPS) is 10.7. The molecule has 0 unspecified atom stereocenters. The third-order valence-corrected chi connectivity index (χ3v) is 4.76. The maximum atomic E-state index is 12.2. The lowest BCUT2D eigenvalue weighted by Crippen LogP contribution is -2.20. The summed E-state index contributed by atoms with van der Waals surface area (Å²) in [4.78, 5) is 16.2. The smallest absolute Gasteiger partial charge is 0.262 e. The summed E-state index contributed by atoms with van der Waals surface area (Å²) < 4.78 is 11.3. The fourth-order valence-electron chi connectivity index (χ4n) is 2.38. The third kappa shape index (κ3) is 6.10. The van der Waals surface area contributed by atoms with Gasteiger partial charge in [-0.15, -0.1) is 11.3 Å². The number of carbonyl (C=O) groups is 1. The Hall–Kier alpha value is -3.30. The van der Waals surface area contributed by atoms with Gasteiger partial charge in [-0.2, -0.15) is 5.10 Å². The van der Waals surface area contributed by atoms with Crippen molar-refractivity contribution in [2.75, 3.05) is 29.7 Å². The number of para-hydroxylation sites is 1. The molecule has 3 rings (SSSR count). The molecule has 1 aromatic heterocycles. The van der Waals surface area contributed by atoms with Crippen LogP contribution in [-0.2, 0) is 4.79 Å². The van der Waals surface area contributed by atoms with Crippen molar-refractivity contribution in [3.05, 3.63) is 58.4 Å². The number of thiazole rings is 1. The van der Waals surface area contributed by atoms with E-state index in [0.717, 1.165) is 5.56 Å². The summed E-state index contributed by atoms with van der Waals surface area (Å²) in [6, 6.07) is 12.3. The first-order valence-electron chi connectivity index (χ1n) is 8.99. The van der Waals surface area contributed by atoms with Crippen LogP contribution in [0.4, 0.5) is 16.6 Å². The fraction of sp³-hybridized carbons (Fsp3) is 0.150. The fourth-order valence-corrected chi connectivity index (χ4v) is 3.12. The number of rotatable bonds is 9. The largest absolute Gasteiger partial charge is 0.490 e. The minimum Gasteiger partial charge on any atom is -0.490 e. The van der Waals surface area contributed by atoms with Crippen molar-refractivity contribution in [1.82, 2.24) is 4.98 Å². The van der Waals surface area contributed by atoms with Crippen LogP contribution in [0.1, 0.15) is 12.5 Å². The summed E-state index contributed by atoms with van der Waals surface area (Å²) in [5.41, 5.74) is 9.69. The number of aromatic nitrogens is 1. The molecule has 0 saturated carbocycles. The van der Waals surface area contributed by atoms with Gasteiger partial charge < -0.3 is 20.5 Å². The van der Waals surface area contributed by atoms with Crippen molar-refractivity contribution in [2.45, 2.75) is 6.92 Å². The summed E-state index contributed by atoms with van der Waals surface area (Å²) in [6.07, 6.45) is 1.62. The molecule has 0 aliphatic carbocycles. The van der Waals surface area contributed by atoms with E-state index in [1.54, 1.807) is 54.1 Å². The quantitative estimate of drug-likeness (QED) is 0.335. The second-order valence-corrected chi connectivity index (χ2v) is 7.17. The summed E-state index contributed by atoms with van der Waals surface area (Å²) in [6.45, 7) is 2.12. The van der Waals surface area contributed by atoms with Gasteiger partial charge in [0.25, 0.3) is 5.91 Å². The Morgan fingerprint density at radius 1 is 1.27 bits per heavy atom. The van der Waals surface area contributed by atoms with E-state index in [0.29, 0.717) is 39.8 Å². The molecule has 0 bridgehead atoms. The van der Waals surface area contributed by atoms with Gasteiger partial charge in [-0.05, 0) is 42.8 Å². The van der Waals surface area contributed by atoms with Crippen LogP contribution in [0.2, 0.25) is 5.02 Å². The Balaban J connectivity index is 1.61. The van der Waals surface area contributed by atoms with Gasteiger partial charge in [-0.25, -0.2) is 4.98 Å². The van der Waals surface area contributed by atoms with Crippen LogP contribution in [-0.4, -0.2) is 30.3 Å². The third-order valence-electron chi connectivity index (χ3n) is 3.67. The Morgan fingerprint density at radius 3 is 2.83 bits per heavy atom. The zero-order valence-corrected chi connectivity index (χ0v) is 17.7. The van der Waals surface area contributed by atoms with Crippen molar-refractivity contribution < 1.29 is 14.3 Å². The molecule has 4 N–H and O–H groups in total. The van der Waals surface area contributed by atoms with Crippen LogP contribution in [0.5, 0.6) is 11.5 Å². The summed E-state index contributed by atoms with van der Waals surface area (Å²) in [5.74, 6) is 1.06. The highest BCUT2D eigenvalue weighted by Crippen LogP contribution is 2.28. The molecule has 0 aliphatic rings. The van der Waals surface area contributed by atoms with Gasteiger partial charge in [0.05, 0.1) is 23.5 Å². The van der Waals surface area contributed by atoms with Gasteiger partial charge in [0.15, 0.2) is 18.1 Å². The number of nitrogens with one attached hydrogen (secondary N) is 2. The second kappa shape index (κ2) is 10.5. The van der Waals surface area contributed by atoms with Crippen LogP contribution in [0, 0.1) is 0 Å². The van der Waals surface area contributed by atoms with E-state index in [2.05, 4.69) is 20.8 Å². The van der Waals surface area contributed by atoms with Crippen molar-refractivity contribution in [3.8, 4) is 11.5 Å². The number of ether oxygens (including phenoxy) is 2. The number of benzene rings is 2. The highest BCUT2D eigenvalue weighted by Gasteiger charge is 2.10. The standard InChI is InChI=1S/C20H20ClN5O3S/c1-2-28-17-9-13(10-23-26-20-25-18(22)12-30-20)7-8-16(17)29-11-19(27)24-15-6-4-3-5-14(15)21/h3-10,12H,2,11,22H2,1H3,(H,24,27)(H,25,26). The summed E-state index contributed by atoms with van der Waals surface area (Å²) in [7, 11) is 0. The summed E-state index contributed by atoms with van der Waals surface area (Å²) in [5, 5.41) is 9.61. The van der Waals surface area contributed by atoms with E-state index >= 15 is 0 Å². The maximum Gasteiger partial charge on any atom is 0.262 e. The Kier molecular flexibility index (Phi) is 7.47. The first-order chi connectivity index (χ1) is 14.5. The topological polar surface area (TPSA) is 111 Å². The van der Waals surface area contributed by atoms with Crippen molar-refractivity contribution in [3.63, 3.8) is 0 Å². The lowest BCUT2D eigenvalue weighted by Gasteiger charge is -2.13. The molecule has 0 spiro atoms. The van der Waals surface area contributed by atoms with Crippen LogP contribution in [0.25, 0.3) is 0 Å². The molecule has 156 valence electrons. The van der Waals surface area contributed by atoms with E-state index < -0.39 is 0 Å². The van der Waals surface area contributed by atoms with Crippen LogP contribution in [0.3, 0.4) is 0 Å². The molecule has 1 heterocycles. The zero-order chi connectivity index (χ0) is 21.3. The van der Waals surface area contributed by atoms with Crippen molar-refractivity contribution >= 4 is 51.7 Å². The first-order valence-corrected chi connectivity index (χ1v) is 10.2. The highest BCUT2D eigenvalue weighted by atomic mass is 35.5. The van der Waals surface area contributed by atoms with Crippen LogP contribution >= 0.6 is 22.9 Å². The first kappa shape index (κ1) is 21.4. The molecule has 0 radical (unpaired) electrons. The number of nitrogens with zero attached hydrogens (tertiary/aromatic N) is 2. The van der Waals surface area contributed by atoms with Gasteiger partial charge in [0.2, 0.25) is 5.13 Å². The van der Waals surface area contributed by atoms with E-state index in [9.17, 15) is 4.79 Å². The van der Waals surface area contributed by atoms with Crippen LogP contribution in [0.15, 0.2) is 52.9 Å². The molecule has 0 saturated heterocycles. The Morgan fingerprint density at radius 2 is 2.10 bits per heavy atom. The minimum absolute atomic E-state index is 0.189. The van der Waals surface area contributed by atoms with Gasteiger partial charge >= 0.3 is 0 Å². The van der Waals surface area contributed by atoms with Crippen LogP contribution < -0.4 is 25.9 Å². The van der Waals surface area contributed by atoms with E-state index in [1.165, 1.54) is 11.3 Å². The molecule has 0 aliphatic heterocycles. The number of carbonyl (C=O) groups excluding carboxylic acids is 1. The SMILES string of the molecule is CCOc1cc(C=NNc2nc(N)cs2)ccc1OCC(=O)Nc1ccccc1Cl. The number of amides is 1. The molecule has 1 amide bonds. The molecule has 8 nitrogen and oxygen atoms in total. The minimum atomic E-state index is -0.330. The molecule has 3 aromatic rings. The number of hydrazone groups is 1. The van der Waals surface area contributed by atoms with Gasteiger partial charge in [0.1, 0.15) is 5.82 Å². The zero-order valence-electron chi connectivity index (χ0n) is 16.1. The highest BCUT2D eigenvalue weighted by molar-refractivity contribution is 7.14. The number of hydrogen-bond donors (Lipinski definition) is 3. The maximum absolute atomic E-state index is 12.2. The predicted molar refractivity (Wildman–Crippen MR) is 121 cm³/mol. The van der Waals surface area contributed by atoms with Crippen molar-refractivity contribution in [2.24, 2.45) is 5.10 Å². The van der Waals surface area contributed by atoms with Gasteiger partial charge in [0, 0.05) is 5.38 Å². The molecular weight excluding hydrogens is 426 g/mol. The van der Waals surface area contributed by atoms with Gasteiger partial charge in [-0.3, -0.25) is 10.2 Å². The Labute approximate surface area is 182 Å². The lowest BCUT2D eigenvalue weighted by atomic mass is 10.2. The predicted octanol–water partition coefficient (Wildman–Crippen LogP) is 4.24. The lowest BCUT2D eigenvalue weighted by molar-refractivity contribution is -0.118. The van der Waals surface area contributed by atoms with E-state index in [4.69, 9.17) is 26.8 Å². The molecule has 2 aromatic carbocycles. The van der Waals surface area contributed by atoms with Crippen molar-refractivity contribution in [1.29, 1.82) is 0 Å². The molecule has 10 heteroatoms. The Bertz CT molecular complexity index is 1040. The molecular formula is C20H20ClN5O3S. The molecule has 0 atom stereocenters. The summed E-state index contributed by atoms with van der Waals surface area (Å²) >= 11 is 7.41. The molecule has 0 fully saturated rings. The number of nitrogen functional groups attached to an aromatic ring is 1. The number of anilines is 3. The monoisotopic (exact) mass is 445 g/mol. The average molecular weight is 446 g/mol. The number of halogens is 1.